The molecule has 0 aromatic carbocycles. The molecule has 0 bridgehead atoms. The molecule has 2 N–H and O–H groups in total. The van der Waals surface area contributed by atoms with Crippen LogP contribution >= 0.6 is 0 Å². The van der Waals surface area contributed by atoms with Gasteiger partial charge in [-0.05, 0) is 12.8 Å². The van der Waals surface area contributed by atoms with Gasteiger partial charge in [-0.1, -0.05) is 0 Å². The van der Waals surface area contributed by atoms with Gasteiger partial charge >= 0.3 is 5.97 Å². The predicted molar refractivity (Wildman–Crippen MR) is 53.4 cm³/mol. The van der Waals surface area contributed by atoms with Gasteiger partial charge in [-0.3, -0.25) is 19.7 Å². The van der Waals surface area contributed by atoms with Crippen LogP contribution in [-0.4, -0.2) is 34.0 Å². The van der Waals surface area contributed by atoms with Crippen LogP contribution < -0.4 is 5.32 Å². The highest BCUT2D eigenvalue weighted by atomic mass is 16.6. The fraction of sp³-hybridized carbons (Fsp3) is 0.778. The first kappa shape index (κ1) is 12.4. The molecule has 1 fully saturated rings. The van der Waals surface area contributed by atoms with Crippen LogP contribution in [0, 0.1) is 16.0 Å². The molecule has 0 aromatic rings. The van der Waals surface area contributed by atoms with Gasteiger partial charge in [-0.2, -0.15) is 0 Å². The first-order chi connectivity index (χ1) is 7.41. The van der Waals surface area contributed by atoms with E-state index < -0.39 is 22.9 Å². The molecule has 1 amide bonds. The van der Waals surface area contributed by atoms with Crippen LogP contribution in [0.4, 0.5) is 0 Å². The topological polar surface area (TPSA) is 110 Å². The van der Waals surface area contributed by atoms with Crippen LogP contribution in [0.2, 0.25) is 0 Å². The number of aliphatic carboxylic acids is 1. The lowest BCUT2D eigenvalue weighted by Gasteiger charge is -2.29. The molecule has 0 saturated heterocycles. The van der Waals surface area contributed by atoms with Crippen LogP contribution in [-0.2, 0) is 9.59 Å². The zero-order chi connectivity index (χ0) is 12.3. The number of hydrogen-bond acceptors (Lipinski definition) is 4. The maximum absolute atomic E-state index is 10.9. The van der Waals surface area contributed by atoms with Gasteiger partial charge in [0, 0.05) is 24.3 Å². The first-order valence-corrected chi connectivity index (χ1v) is 5.05. The molecule has 0 radical (unpaired) electrons. The van der Waals surface area contributed by atoms with Crippen LogP contribution in [0.1, 0.15) is 26.2 Å². The van der Waals surface area contributed by atoms with Gasteiger partial charge in [0.15, 0.2) is 0 Å². The highest BCUT2D eigenvalue weighted by Gasteiger charge is 2.42. The Bertz CT molecular complexity index is 317. The maximum atomic E-state index is 10.9. The van der Waals surface area contributed by atoms with Crippen LogP contribution in [0.15, 0.2) is 0 Å². The van der Waals surface area contributed by atoms with E-state index in [0.29, 0.717) is 6.42 Å². The van der Waals surface area contributed by atoms with Gasteiger partial charge in [0.25, 0.3) is 0 Å². The summed E-state index contributed by atoms with van der Waals surface area (Å²) in [6.07, 6.45) is 0.768. The van der Waals surface area contributed by atoms with E-state index in [-0.39, 0.29) is 24.8 Å². The predicted octanol–water partition coefficient (Wildman–Crippen LogP) is 0.0211. The molecule has 0 aromatic heterocycles. The van der Waals surface area contributed by atoms with E-state index in [4.69, 9.17) is 5.11 Å². The zero-order valence-electron chi connectivity index (χ0n) is 8.88. The highest BCUT2D eigenvalue weighted by Crippen LogP contribution is 2.27. The summed E-state index contributed by atoms with van der Waals surface area (Å²) in [5, 5.41) is 22.1. The van der Waals surface area contributed by atoms with Crippen molar-refractivity contribution in [1.82, 2.24) is 5.32 Å². The van der Waals surface area contributed by atoms with Crippen molar-refractivity contribution in [3.8, 4) is 0 Å². The minimum atomic E-state index is -1.17. The van der Waals surface area contributed by atoms with Gasteiger partial charge in [-0.25, -0.2) is 0 Å². The molecule has 7 nitrogen and oxygen atoms in total. The number of nitrogens with one attached hydrogen (secondary N) is 1. The first-order valence-electron chi connectivity index (χ1n) is 5.05. The van der Waals surface area contributed by atoms with E-state index in [2.05, 4.69) is 5.32 Å². The smallest absolute Gasteiger partial charge is 0.313 e. The molecule has 3 atom stereocenters. The molecule has 0 spiro atoms. The Morgan fingerprint density at radius 2 is 2.06 bits per heavy atom. The molecular weight excluding hydrogens is 216 g/mol. The number of nitro groups is 1. The Balaban J connectivity index is 2.68. The van der Waals surface area contributed by atoms with E-state index in [9.17, 15) is 19.7 Å². The molecule has 90 valence electrons. The number of nitrogens with zero attached hydrogens (tertiary/aromatic N) is 1. The molecule has 3 unspecified atom stereocenters. The van der Waals surface area contributed by atoms with Crippen LogP contribution in [0.5, 0.6) is 0 Å². The number of amides is 1. The summed E-state index contributed by atoms with van der Waals surface area (Å²) < 4.78 is 0. The normalized spacial score (nSPS) is 29.4. The number of carboxylic acids is 1. The zero-order valence-corrected chi connectivity index (χ0v) is 8.88. The minimum Gasteiger partial charge on any atom is -0.481 e. The van der Waals surface area contributed by atoms with Gasteiger partial charge in [0.2, 0.25) is 11.9 Å². The van der Waals surface area contributed by atoms with Crippen molar-refractivity contribution < 1.29 is 19.6 Å². The third-order valence-electron chi connectivity index (χ3n) is 2.81. The Kier molecular flexibility index (Phi) is 3.81. The molecule has 7 heteroatoms. The molecule has 16 heavy (non-hydrogen) atoms. The summed E-state index contributed by atoms with van der Waals surface area (Å²) in [7, 11) is 0. The fourth-order valence-corrected chi connectivity index (χ4v) is 2.09. The second-order valence-corrected chi connectivity index (χ2v) is 4.01. The SMILES string of the molecule is CC(=O)NC1CCC([N+](=O)[O-])C(C(=O)O)C1. The second-order valence-electron chi connectivity index (χ2n) is 4.01. The van der Waals surface area contributed by atoms with E-state index in [0.717, 1.165) is 0 Å². The van der Waals surface area contributed by atoms with E-state index in [1.54, 1.807) is 0 Å². The second kappa shape index (κ2) is 4.91. The Morgan fingerprint density at radius 1 is 1.44 bits per heavy atom. The van der Waals surface area contributed by atoms with Gasteiger partial charge in [0.05, 0.1) is 0 Å². The summed E-state index contributed by atoms with van der Waals surface area (Å²) in [5.74, 6) is -2.42. The quantitative estimate of drug-likeness (QED) is 0.524. The van der Waals surface area contributed by atoms with Crippen molar-refractivity contribution in [3.05, 3.63) is 10.1 Å². The number of carbonyl (C=O) groups excluding carboxylic acids is 1. The average Bonchev–Trinajstić information content (AvgIpc) is 2.16. The average molecular weight is 230 g/mol. The molecule has 0 aliphatic heterocycles. The summed E-state index contributed by atoms with van der Waals surface area (Å²) in [5.41, 5.74) is 0. The number of carboxylic acid groups (broad SMARTS) is 1. The molecular formula is C9H14N2O5. The van der Waals surface area contributed by atoms with Gasteiger partial charge in [-0.15, -0.1) is 0 Å². The molecule has 1 aliphatic carbocycles. The number of rotatable bonds is 3. The standard InChI is InChI=1S/C9H14N2O5/c1-5(12)10-6-2-3-8(11(15)16)7(4-6)9(13)14/h6-8H,2-4H2,1H3,(H,10,12)(H,13,14). The molecule has 1 aliphatic rings. The summed E-state index contributed by atoms with van der Waals surface area (Å²) in [6.45, 7) is 1.34. The summed E-state index contributed by atoms with van der Waals surface area (Å²) in [6, 6.07) is -1.31. The minimum absolute atomic E-state index is 0.126. The molecule has 1 saturated carbocycles. The number of hydrogen-bond donors (Lipinski definition) is 2. The fourth-order valence-electron chi connectivity index (χ4n) is 2.09. The largest absolute Gasteiger partial charge is 0.481 e. The van der Waals surface area contributed by atoms with E-state index >= 15 is 0 Å². The molecule has 1 rings (SSSR count). The maximum Gasteiger partial charge on any atom is 0.313 e. The molecule has 0 heterocycles. The third kappa shape index (κ3) is 2.91. The lowest BCUT2D eigenvalue weighted by atomic mass is 9.82. The third-order valence-corrected chi connectivity index (χ3v) is 2.81. The Labute approximate surface area is 92.0 Å². The van der Waals surface area contributed by atoms with Crippen molar-refractivity contribution in [2.24, 2.45) is 5.92 Å². The number of carbonyl (C=O) groups is 2. The van der Waals surface area contributed by atoms with Crippen molar-refractivity contribution in [1.29, 1.82) is 0 Å². The monoisotopic (exact) mass is 230 g/mol. The van der Waals surface area contributed by atoms with E-state index in [1.165, 1.54) is 6.92 Å². The van der Waals surface area contributed by atoms with Crippen molar-refractivity contribution in [2.75, 3.05) is 0 Å². The van der Waals surface area contributed by atoms with Crippen LogP contribution in [0.3, 0.4) is 0 Å². The summed E-state index contributed by atoms with van der Waals surface area (Å²) >= 11 is 0. The van der Waals surface area contributed by atoms with Crippen molar-refractivity contribution in [2.45, 2.75) is 38.3 Å². The van der Waals surface area contributed by atoms with Crippen molar-refractivity contribution >= 4 is 11.9 Å². The van der Waals surface area contributed by atoms with Crippen LogP contribution in [0.25, 0.3) is 0 Å². The van der Waals surface area contributed by atoms with Gasteiger partial charge in [0.1, 0.15) is 5.92 Å². The summed E-state index contributed by atoms with van der Waals surface area (Å²) in [4.78, 5) is 31.8. The lowest BCUT2D eigenvalue weighted by Crippen LogP contribution is -2.46. The Morgan fingerprint density at radius 3 is 2.50 bits per heavy atom. The van der Waals surface area contributed by atoms with Gasteiger partial charge < -0.3 is 10.4 Å². The van der Waals surface area contributed by atoms with Crippen molar-refractivity contribution in [3.63, 3.8) is 0 Å². The highest BCUT2D eigenvalue weighted by molar-refractivity contribution is 5.74. The Hall–Kier alpha value is -1.66. The van der Waals surface area contributed by atoms with E-state index in [1.807, 2.05) is 0 Å². The lowest BCUT2D eigenvalue weighted by molar-refractivity contribution is -0.533.